The average molecular weight is 253 g/mol. The second kappa shape index (κ2) is 5.31. The van der Waals surface area contributed by atoms with Crippen molar-refractivity contribution in [3.63, 3.8) is 0 Å². The summed E-state index contributed by atoms with van der Waals surface area (Å²) in [5.74, 6) is 0.930. The number of fused-ring (bicyclic) bond motifs is 1. The quantitative estimate of drug-likeness (QED) is 0.892. The van der Waals surface area contributed by atoms with Crippen molar-refractivity contribution < 1.29 is 0 Å². The number of pyridine rings is 1. The van der Waals surface area contributed by atoms with Crippen LogP contribution in [-0.2, 0) is 12.8 Å². The molecule has 2 aromatic rings. The van der Waals surface area contributed by atoms with Gasteiger partial charge in [-0.15, -0.1) is 0 Å². The fourth-order valence-electron chi connectivity index (χ4n) is 2.68. The molecule has 1 aliphatic heterocycles. The molecule has 0 atom stereocenters. The van der Waals surface area contributed by atoms with E-state index in [1.165, 1.54) is 16.8 Å². The monoisotopic (exact) mass is 253 g/mol. The van der Waals surface area contributed by atoms with Gasteiger partial charge < -0.3 is 10.2 Å². The van der Waals surface area contributed by atoms with Crippen molar-refractivity contribution >= 4 is 11.5 Å². The van der Waals surface area contributed by atoms with E-state index in [1.807, 2.05) is 13.2 Å². The maximum Gasteiger partial charge on any atom is 0.127 e. The Morgan fingerprint density at radius 2 is 1.74 bits per heavy atom. The highest BCUT2D eigenvalue weighted by Gasteiger charge is 2.14. The Morgan fingerprint density at radius 1 is 1.05 bits per heavy atom. The van der Waals surface area contributed by atoms with Crippen molar-refractivity contribution in [1.29, 1.82) is 0 Å². The van der Waals surface area contributed by atoms with E-state index < -0.39 is 0 Å². The van der Waals surface area contributed by atoms with Crippen LogP contribution in [-0.4, -0.2) is 25.1 Å². The maximum absolute atomic E-state index is 4.28. The first kappa shape index (κ1) is 12.0. The molecule has 1 aromatic carbocycles. The summed E-state index contributed by atoms with van der Waals surface area (Å²) >= 11 is 0. The molecule has 0 unspecified atom stereocenters. The van der Waals surface area contributed by atoms with Gasteiger partial charge in [0.05, 0.1) is 0 Å². The van der Waals surface area contributed by atoms with E-state index in [2.05, 4.69) is 51.6 Å². The first-order chi connectivity index (χ1) is 9.36. The third-order valence-electron chi connectivity index (χ3n) is 3.79. The zero-order chi connectivity index (χ0) is 13.1. The Labute approximate surface area is 114 Å². The highest BCUT2D eigenvalue weighted by Crippen LogP contribution is 2.22. The molecular weight excluding hydrogens is 234 g/mol. The summed E-state index contributed by atoms with van der Waals surface area (Å²) in [6, 6.07) is 13.0. The van der Waals surface area contributed by atoms with E-state index in [9.17, 15) is 0 Å². The molecule has 3 heteroatoms. The van der Waals surface area contributed by atoms with Crippen LogP contribution in [0.25, 0.3) is 0 Å². The lowest BCUT2D eigenvalue weighted by Gasteiger charge is -2.22. The fourth-order valence-corrected chi connectivity index (χ4v) is 2.68. The van der Waals surface area contributed by atoms with Crippen LogP contribution in [0.5, 0.6) is 0 Å². The minimum atomic E-state index is 0.930. The Bertz CT molecular complexity index is 538. The number of nitrogens with zero attached hydrogens (tertiary/aromatic N) is 2. The van der Waals surface area contributed by atoms with Crippen LogP contribution < -0.4 is 10.2 Å². The van der Waals surface area contributed by atoms with E-state index in [-0.39, 0.29) is 0 Å². The molecule has 0 saturated heterocycles. The van der Waals surface area contributed by atoms with Gasteiger partial charge in [0.15, 0.2) is 0 Å². The Kier molecular flexibility index (Phi) is 3.36. The SMILES string of the molecule is CNc1cc(N2CCc3ccccc3CC2)ccn1. The van der Waals surface area contributed by atoms with Gasteiger partial charge in [-0.1, -0.05) is 24.3 Å². The zero-order valence-electron chi connectivity index (χ0n) is 11.3. The van der Waals surface area contributed by atoms with Gasteiger partial charge in [0.1, 0.15) is 5.82 Å². The third kappa shape index (κ3) is 2.55. The number of nitrogens with one attached hydrogen (secondary N) is 1. The minimum absolute atomic E-state index is 0.930. The van der Waals surface area contributed by atoms with E-state index in [0.717, 1.165) is 31.7 Å². The van der Waals surface area contributed by atoms with E-state index in [1.54, 1.807) is 0 Å². The van der Waals surface area contributed by atoms with Gasteiger partial charge in [-0.05, 0) is 30.0 Å². The molecule has 0 spiro atoms. The molecule has 0 fully saturated rings. The molecule has 3 nitrogen and oxygen atoms in total. The summed E-state index contributed by atoms with van der Waals surface area (Å²) in [5.41, 5.74) is 4.24. The molecular formula is C16H19N3. The van der Waals surface area contributed by atoms with Gasteiger partial charge in [-0.2, -0.15) is 0 Å². The number of hydrogen-bond donors (Lipinski definition) is 1. The molecule has 1 aliphatic rings. The molecule has 1 aromatic heterocycles. The van der Waals surface area contributed by atoms with Gasteiger partial charge in [0.2, 0.25) is 0 Å². The van der Waals surface area contributed by atoms with Crippen LogP contribution in [0.4, 0.5) is 11.5 Å². The summed E-state index contributed by atoms with van der Waals surface area (Å²) in [6.45, 7) is 2.15. The second-order valence-electron chi connectivity index (χ2n) is 4.91. The van der Waals surface area contributed by atoms with Gasteiger partial charge >= 0.3 is 0 Å². The van der Waals surface area contributed by atoms with Crippen LogP contribution in [0.15, 0.2) is 42.6 Å². The van der Waals surface area contributed by atoms with Crippen molar-refractivity contribution in [3.8, 4) is 0 Å². The Hall–Kier alpha value is -2.03. The van der Waals surface area contributed by atoms with Crippen molar-refractivity contribution in [3.05, 3.63) is 53.7 Å². The number of rotatable bonds is 2. The van der Waals surface area contributed by atoms with Crippen LogP contribution in [0.3, 0.4) is 0 Å². The summed E-state index contributed by atoms with van der Waals surface area (Å²) in [6.07, 6.45) is 4.11. The molecule has 2 heterocycles. The van der Waals surface area contributed by atoms with Gasteiger partial charge in [-0.25, -0.2) is 4.98 Å². The zero-order valence-corrected chi connectivity index (χ0v) is 11.3. The van der Waals surface area contributed by atoms with Crippen molar-refractivity contribution in [2.45, 2.75) is 12.8 Å². The molecule has 0 radical (unpaired) electrons. The number of hydrogen-bond acceptors (Lipinski definition) is 3. The molecule has 0 saturated carbocycles. The lowest BCUT2D eigenvalue weighted by Crippen LogP contribution is -2.26. The second-order valence-corrected chi connectivity index (χ2v) is 4.91. The Balaban J connectivity index is 1.81. The highest BCUT2D eigenvalue weighted by atomic mass is 15.1. The summed E-state index contributed by atoms with van der Waals surface area (Å²) in [5, 5.41) is 3.10. The molecule has 0 aliphatic carbocycles. The van der Waals surface area contributed by atoms with E-state index >= 15 is 0 Å². The first-order valence-electron chi connectivity index (χ1n) is 6.82. The van der Waals surface area contributed by atoms with Crippen LogP contribution >= 0.6 is 0 Å². The third-order valence-corrected chi connectivity index (χ3v) is 3.79. The predicted molar refractivity (Wildman–Crippen MR) is 79.8 cm³/mol. The fraction of sp³-hybridized carbons (Fsp3) is 0.312. The van der Waals surface area contributed by atoms with Crippen LogP contribution in [0.1, 0.15) is 11.1 Å². The molecule has 3 rings (SSSR count). The van der Waals surface area contributed by atoms with Crippen molar-refractivity contribution in [1.82, 2.24) is 4.98 Å². The topological polar surface area (TPSA) is 28.2 Å². The number of benzene rings is 1. The predicted octanol–water partition coefficient (Wildman–Crippen LogP) is 2.73. The smallest absolute Gasteiger partial charge is 0.127 e. The maximum atomic E-state index is 4.28. The number of anilines is 2. The van der Waals surface area contributed by atoms with E-state index in [0.29, 0.717) is 0 Å². The van der Waals surface area contributed by atoms with Crippen molar-refractivity contribution in [2.24, 2.45) is 0 Å². The lowest BCUT2D eigenvalue weighted by atomic mass is 10.0. The minimum Gasteiger partial charge on any atom is -0.373 e. The van der Waals surface area contributed by atoms with Gasteiger partial charge in [0.25, 0.3) is 0 Å². The number of aromatic nitrogens is 1. The standard InChI is InChI=1S/C16H19N3/c1-17-16-12-15(6-9-18-16)19-10-7-13-4-2-3-5-14(13)8-11-19/h2-6,9,12H,7-8,10-11H2,1H3,(H,17,18). The van der Waals surface area contributed by atoms with Gasteiger partial charge in [-0.3, -0.25) is 0 Å². The summed E-state index contributed by atoms with van der Waals surface area (Å²) in [7, 11) is 1.91. The van der Waals surface area contributed by atoms with Crippen LogP contribution in [0.2, 0.25) is 0 Å². The normalized spacial score (nSPS) is 14.7. The Morgan fingerprint density at radius 3 is 2.37 bits per heavy atom. The lowest BCUT2D eigenvalue weighted by molar-refractivity contribution is 0.805. The van der Waals surface area contributed by atoms with E-state index in [4.69, 9.17) is 0 Å². The molecule has 0 amide bonds. The van der Waals surface area contributed by atoms with Crippen LogP contribution in [0, 0.1) is 0 Å². The molecule has 1 N–H and O–H groups in total. The summed E-state index contributed by atoms with van der Waals surface area (Å²) in [4.78, 5) is 6.72. The molecule has 19 heavy (non-hydrogen) atoms. The first-order valence-corrected chi connectivity index (χ1v) is 6.82. The largest absolute Gasteiger partial charge is 0.373 e. The molecule has 0 bridgehead atoms. The molecule has 98 valence electrons. The summed E-state index contributed by atoms with van der Waals surface area (Å²) < 4.78 is 0. The average Bonchev–Trinajstić information content (AvgIpc) is 2.70. The van der Waals surface area contributed by atoms with Crippen molar-refractivity contribution in [2.75, 3.05) is 30.4 Å². The van der Waals surface area contributed by atoms with Gasteiger partial charge in [0, 0.05) is 38.1 Å². The highest BCUT2D eigenvalue weighted by molar-refractivity contribution is 5.54.